The molecule has 0 radical (unpaired) electrons. The Morgan fingerprint density at radius 1 is 1.16 bits per heavy atom. The molecule has 0 saturated heterocycles. The average molecular weight is 440 g/mol. The molecule has 3 aromatic rings. The van der Waals surface area contributed by atoms with Gasteiger partial charge in [-0.3, -0.25) is 9.36 Å². The zero-order chi connectivity index (χ0) is 22.0. The van der Waals surface area contributed by atoms with Crippen molar-refractivity contribution in [3.05, 3.63) is 62.6 Å². The first-order valence-corrected chi connectivity index (χ1v) is 10.5. The first kappa shape index (κ1) is 20.7. The van der Waals surface area contributed by atoms with Gasteiger partial charge in [0, 0.05) is 17.8 Å². The molecule has 0 spiro atoms. The van der Waals surface area contributed by atoms with E-state index in [4.69, 9.17) is 15.2 Å². The topological polar surface area (TPSA) is 108 Å². The molecule has 1 aliphatic rings. The monoisotopic (exact) mass is 439 g/mol. The Bertz CT molecular complexity index is 1240. The highest BCUT2D eigenvalue weighted by atomic mass is 32.1. The van der Waals surface area contributed by atoms with Gasteiger partial charge in [-0.1, -0.05) is 6.07 Å². The first-order chi connectivity index (χ1) is 15.0. The number of nitrogens with zero attached hydrogens (tertiary/aromatic N) is 5. The summed E-state index contributed by atoms with van der Waals surface area (Å²) in [5.74, 6) is 2.76. The van der Waals surface area contributed by atoms with Crippen LogP contribution in [0.5, 0.6) is 11.5 Å². The summed E-state index contributed by atoms with van der Waals surface area (Å²) in [6.07, 6.45) is 2.80. The fourth-order valence-corrected chi connectivity index (χ4v) is 4.13. The number of aromatic nitrogens is 3. The van der Waals surface area contributed by atoms with Crippen LogP contribution in [0.4, 0.5) is 5.82 Å². The fraction of sp³-hybridized carbons (Fsp3) is 0.286. The summed E-state index contributed by atoms with van der Waals surface area (Å²) in [4.78, 5) is 26.8. The quantitative estimate of drug-likeness (QED) is 0.537. The van der Waals surface area contributed by atoms with E-state index < -0.39 is 0 Å². The maximum absolute atomic E-state index is 12.6. The molecule has 10 heteroatoms. The van der Waals surface area contributed by atoms with E-state index in [0.717, 1.165) is 17.7 Å². The lowest BCUT2D eigenvalue weighted by atomic mass is 10.1. The number of methoxy groups -OCH3 is 2. The molecule has 0 atom stereocenters. The summed E-state index contributed by atoms with van der Waals surface area (Å²) in [5, 5.41) is 0. The van der Waals surface area contributed by atoms with Gasteiger partial charge in [0.05, 0.1) is 37.9 Å². The maximum atomic E-state index is 12.6. The third-order valence-electron chi connectivity index (χ3n) is 5.06. The number of hydrogen-bond donors (Lipinski definition) is 1. The zero-order valence-corrected chi connectivity index (χ0v) is 18.3. The van der Waals surface area contributed by atoms with E-state index >= 15 is 0 Å². The Morgan fingerprint density at radius 2 is 1.97 bits per heavy atom. The molecule has 160 valence electrons. The fourth-order valence-electron chi connectivity index (χ4n) is 3.36. The van der Waals surface area contributed by atoms with E-state index in [1.54, 1.807) is 41.0 Å². The molecule has 0 saturated carbocycles. The van der Waals surface area contributed by atoms with Crippen molar-refractivity contribution < 1.29 is 14.0 Å². The van der Waals surface area contributed by atoms with Crippen LogP contribution in [0.3, 0.4) is 0 Å². The Labute approximate surface area is 183 Å². The molecule has 2 aromatic heterocycles. The maximum Gasteiger partial charge on any atom is 0.325 e. The Morgan fingerprint density at radius 3 is 2.61 bits per heavy atom. The van der Waals surface area contributed by atoms with Gasteiger partial charge in [0.25, 0.3) is 5.56 Å². The van der Waals surface area contributed by atoms with Crippen molar-refractivity contribution >= 4 is 28.9 Å². The molecular weight excluding hydrogens is 416 g/mol. The van der Waals surface area contributed by atoms with E-state index in [1.807, 2.05) is 30.6 Å². The van der Waals surface area contributed by atoms with E-state index in [1.165, 1.54) is 10.9 Å². The summed E-state index contributed by atoms with van der Waals surface area (Å²) in [6.45, 7) is 2.51. The number of hydrogen-bond acceptors (Lipinski definition) is 8. The number of amidine groups is 1. The number of benzene rings is 1. The van der Waals surface area contributed by atoms with Gasteiger partial charge in [0.2, 0.25) is 11.7 Å². The van der Waals surface area contributed by atoms with Gasteiger partial charge < -0.3 is 15.2 Å². The number of guanidine groups is 1. The van der Waals surface area contributed by atoms with Crippen molar-refractivity contribution in [3.63, 3.8) is 0 Å². The summed E-state index contributed by atoms with van der Waals surface area (Å²) < 4.78 is 13.9. The minimum Gasteiger partial charge on any atom is -0.493 e. The molecule has 1 aromatic carbocycles. The van der Waals surface area contributed by atoms with Crippen molar-refractivity contribution in [2.24, 2.45) is 10.7 Å². The second kappa shape index (κ2) is 8.68. The van der Waals surface area contributed by atoms with E-state index in [-0.39, 0.29) is 5.56 Å². The molecular formula is C21H23N6O3S+. The number of thiazole rings is 1. The van der Waals surface area contributed by atoms with Crippen molar-refractivity contribution in [2.45, 2.75) is 26.3 Å². The van der Waals surface area contributed by atoms with Crippen LogP contribution in [-0.4, -0.2) is 45.1 Å². The molecule has 0 unspecified atom stereocenters. The lowest BCUT2D eigenvalue weighted by Crippen LogP contribution is -2.41. The Hall–Kier alpha value is -3.53. The first-order valence-electron chi connectivity index (χ1n) is 9.66. The van der Waals surface area contributed by atoms with Crippen LogP contribution in [0.2, 0.25) is 0 Å². The van der Waals surface area contributed by atoms with Crippen LogP contribution < -0.4 is 20.8 Å². The molecule has 0 amide bonds. The lowest BCUT2D eigenvalue weighted by Gasteiger charge is -2.17. The second-order valence-corrected chi connectivity index (χ2v) is 7.92. The normalized spacial score (nSPS) is 13.1. The molecule has 2 N–H and O–H groups in total. The second-order valence-electron chi connectivity index (χ2n) is 6.98. The van der Waals surface area contributed by atoms with Gasteiger partial charge >= 0.3 is 5.96 Å². The van der Waals surface area contributed by atoms with Gasteiger partial charge in [-0.15, -0.1) is 21.3 Å². The highest BCUT2D eigenvalue weighted by Crippen LogP contribution is 2.28. The molecule has 0 fully saturated rings. The van der Waals surface area contributed by atoms with Crippen LogP contribution in [-0.2, 0) is 19.4 Å². The summed E-state index contributed by atoms with van der Waals surface area (Å²) >= 11 is 1.59. The zero-order valence-electron chi connectivity index (χ0n) is 17.5. The number of aryl methyl sites for hydroxylation is 3. The number of ether oxygens (including phenoxy) is 2. The van der Waals surface area contributed by atoms with Crippen LogP contribution in [0.15, 0.2) is 45.9 Å². The molecule has 9 nitrogen and oxygen atoms in total. The number of aliphatic imine (C=N–C) groups is 1. The molecule has 3 heterocycles. The highest BCUT2D eigenvalue weighted by Gasteiger charge is 2.28. The Balaban J connectivity index is 1.53. The molecule has 0 aliphatic carbocycles. The van der Waals surface area contributed by atoms with E-state index in [2.05, 4.69) is 15.0 Å². The lowest BCUT2D eigenvalue weighted by molar-refractivity contribution is -0.331. The molecule has 1 aliphatic heterocycles. The third-order valence-corrected chi connectivity index (χ3v) is 6.05. The predicted molar refractivity (Wildman–Crippen MR) is 119 cm³/mol. The number of rotatable bonds is 8. The van der Waals surface area contributed by atoms with Crippen LogP contribution in [0.25, 0.3) is 0 Å². The minimum absolute atomic E-state index is 0.141. The average Bonchev–Trinajstić information content (AvgIpc) is 3.17. The Kier molecular flexibility index (Phi) is 5.81. The van der Waals surface area contributed by atoms with Gasteiger partial charge in [0.1, 0.15) is 6.33 Å². The summed E-state index contributed by atoms with van der Waals surface area (Å²) in [5.41, 5.74) is 9.63. The van der Waals surface area contributed by atoms with Crippen LogP contribution in [0, 0.1) is 6.92 Å². The summed E-state index contributed by atoms with van der Waals surface area (Å²) in [7, 11) is 3.19. The molecule has 31 heavy (non-hydrogen) atoms. The third kappa shape index (κ3) is 4.19. The van der Waals surface area contributed by atoms with Gasteiger partial charge in [-0.2, -0.15) is 4.58 Å². The number of nitrogens with two attached hydrogens (primary N) is 1. The van der Waals surface area contributed by atoms with Crippen molar-refractivity contribution in [1.82, 2.24) is 14.5 Å². The van der Waals surface area contributed by atoms with Crippen molar-refractivity contribution in [2.75, 3.05) is 14.2 Å². The van der Waals surface area contributed by atoms with Crippen molar-refractivity contribution in [1.29, 1.82) is 0 Å². The summed E-state index contributed by atoms with van der Waals surface area (Å²) in [6, 6.07) is 7.15. The minimum atomic E-state index is -0.141. The largest absolute Gasteiger partial charge is 0.493 e. The van der Waals surface area contributed by atoms with Gasteiger partial charge in [-0.05, 0) is 24.6 Å². The SMILES string of the molecule is COc1ccc(CC2=[N+](c3cc(=O)n(CCc4scnc4C)cn3)C(N)=N2)cc1OC. The molecule has 4 rings (SSSR count). The van der Waals surface area contributed by atoms with Gasteiger partial charge in [-0.25, -0.2) is 4.98 Å². The van der Waals surface area contributed by atoms with E-state index in [9.17, 15) is 4.79 Å². The molecule has 0 bridgehead atoms. The highest BCUT2D eigenvalue weighted by molar-refractivity contribution is 7.09. The standard InChI is InChI=1S/C21H22N6O3S/c1-13-17(31-12-24-13)6-7-26-11-23-18(10-20(26)28)27-19(25-21(27)22)9-14-4-5-15(29-2)16(8-14)30-3/h4-5,8,10-12,22H,6-7,9H2,1-3H3/p+1. The van der Waals surface area contributed by atoms with Crippen molar-refractivity contribution in [3.8, 4) is 11.5 Å². The van der Waals surface area contributed by atoms with Gasteiger partial charge in [0.15, 0.2) is 11.5 Å². The van der Waals surface area contributed by atoms with Crippen LogP contribution in [0.1, 0.15) is 16.1 Å². The van der Waals surface area contributed by atoms with Crippen LogP contribution >= 0.6 is 11.3 Å². The van der Waals surface area contributed by atoms with E-state index in [0.29, 0.717) is 42.1 Å². The predicted octanol–water partition coefficient (Wildman–Crippen LogP) is 1.88. The smallest absolute Gasteiger partial charge is 0.325 e.